The molecule has 2 N–H and O–H groups in total. The van der Waals surface area contributed by atoms with Gasteiger partial charge in [0.05, 0.1) is 24.7 Å². The summed E-state index contributed by atoms with van der Waals surface area (Å²) in [6.45, 7) is 1.74. The van der Waals surface area contributed by atoms with Crippen LogP contribution in [0.25, 0.3) is 0 Å². The number of hydrogen-bond donors (Lipinski definition) is 2. The summed E-state index contributed by atoms with van der Waals surface area (Å²) in [7, 11) is 0. The Morgan fingerprint density at radius 1 is 1.44 bits per heavy atom. The highest BCUT2D eigenvalue weighted by atomic mass is 16.4. The number of aliphatic hydroxyl groups is 1. The van der Waals surface area contributed by atoms with Crippen LogP contribution in [0, 0.1) is 11.3 Å². The minimum atomic E-state index is -0.963. The highest BCUT2D eigenvalue weighted by molar-refractivity contribution is 5.72. The van der Waals surface area contributed by atoms with Gasteiger partial charge in [0.2, 0.25) is 0 Å². The molecular weight excluding hydrogens is 206 g/mol. The number of carboxylic acid groups (broad SMARTS) is 1. The van der Waals surface area contributed by atoms with E-state index in [0.717, 1.165) is 5.56 Å². The largest absolute Gasteiger partial charge is 0.481 e. The van der Waals surface area contributed by atoms with E-state index in [9.17, 15) is 4.79 Å². The molecule has 0 saturated carbocycles. The van der Waals surface area contributed by atoms with Crippen molar-refractivity contribution in [1.82, 2.24) is 0 Å². The second-order valence-electron chi connectivity index (χ2n) is 3.43. The van der Waals surface area contributed by atoms with E-state index in [2.05, 4.69) is 0 Å². The molecule has 0 aliphatic heterocycles. The summed E-state index contributed by atoms with van der Waals surface area (Å²) in [5, 5.41) is 26.9. The number of carboxylic acids is 1. The maximum Gasteiger partial charge on any atom is 0.307 e. The van der Waals surface area contributed by atoms with Gasteiger partial charge < -0.3 is 10.2 Å². The number of aliphatic carboxylic acids is 1. The van der Waals surface area contributed by atoms with Crippen molar-refractivity contribution in [3.05, 3.63) is 34.4 Å². The van der Waals surface area contributed by atoms with E-state index < -0.39 is 5.97 Å². The van der Waals surface area contributed by atoms with Crippen LogP contribution in [0.5, 0.6) is 0 Å². The minimum Gasteiger partial charge on any atom is -0.481 e. The molecule has 1 rings (SSSR count). The molecule has 4 heteroatoms. The summed E-state index contributed by atoms with van der Waals surface area (Å²) >= 11 is 0. The first-order chi connectivity index (χ1) is 7.63. The predicted octanol–water partition coefficient (Wildman–Crippen LogP) is 1.24. The van der Waals surface area contributed by atoms with E-state index in [1.165, 1.54) is 0 Å². The smallest absolute Gasteiger partial charge is 0.307 e. The van der Waals surface area contributed by atoms with E-state index in [1.54, 1.807) is 12.1 Å². The first-order valence-corrected chi connectivity index (χ1v) is 5.00. The Bertz CT molecular complexity index is 446. The van der Waals surface area contributed by atoms with Crippen LogP contribution in [0.4, 0.5) is 0 Å². The molecular formula is C12H13NO3. The lowest BCUT2D eigenvalue weighted by Gasteiger charge is -2.10. The second kappa shape index (κ2) is 5.29. The Labute approximate surface area is 93.8 Å². The third kappa shape index (κ3) is 2.38. The SMILES string of the molecule is CCc1c(CO)ccc(CC(=O)O)c1C#N. The Kier molecular flexibility index (Phi) is 4.03. The highest BCUT2D eigenvalue weighted by Crippen LogP contribution is 2.20. The van der Waals surface area contributed by atoms with E-state index >= 15 is 0 Å². The molecule has 0 amide bonds. The summed E-state index contributed by atoms with van der Waals surface area (Å²) < 4.78 is 0. The van der Waals surface area contributed by atoms with Crippen molar-refractivity contribution in [2.45, 2.75) is 26.4 Å². The van der Waals surface area contributed by atoms with Gasteiger partial charge >= 0.3 is 5.97 Å². The zero-order chi connectivity index (χ0) is 12.1. The molecule has 0 bridgehead atoms. The lowest BCUT2D eigenvalue weighted by atomic mass is 9.94. The molecule has 0 heterocycles. The molecule has 1 aromatic rings. The standard InChI is InChI=1S/C12H13NO3/c1-2-10-9(7-14)4-3-8(5-12(15)16)11(10)6-13/h3-4,14H,2,5,7H2,1H3,(H,15,16). The van der Waals surface area contributed by atoms with Crippen molar-refractivity contribution in [1.29, 1.82) is 5.26 Å². The van der Waals surface area contributed by atoms with Gasteiger partial charge in [0.25, 0.3) is 0 Å². The maximum absolute atomic E-state index is 10.6. The van der Waals surface area contributed by atoms with Crippen molar-refractivity contribution in [2.24, 2.45) is 0 Å². The molecule has 4 nitrogen and oxygen atoms in total. The van der Waals surface area contributed by atoms with Crippen LogP contribution in [0.15, 0.2) is 12.1 Å². The summed E-state index contributed by atoms with van der Waals surface area (Å²) in [6, 6.07) is 5.29. The van der Waals surface area contributed by atoms with Crippen LogP contribution in [0.1, 0.15) is 29.2 Å². The summed E-state index contributed by atoms with van der Waals surface area (Å²) in [6.07, 6.45) is 0.438. The van der Waals surface area contributed by atoms with Gasteiger partial charge in [-0.15, -0.1) is 0 Å². The van der Waals surface area contributed by atoms with Crippen LogP contribution in [0.3, 0.4) is 0 Å². The van der Waals surface area contributed by atoms with Gasteiger partial charge in [-0.1, -0.05) is 19.1 Å². The lowest BCUT2D eigenvalue weighted by Crippen LogP contribution is -2.06. The van der Waals surface area contributed by atoms with Crippen molar-refractivity contribution < 1.29 is 15.0 Å². The monoisotopic (exact) mass is 219 g/mol. The topological polar surface area (TPSA) is 81.3 Å². The Balaban J connectivity index is 3.32. The van der Waals surface area contributed by atoms with Crippen LogP contribution >= 0.6 is 0 Å². The minimum absolute atomic E-state index is 0.134. The molecule has 0 fully saturated rings. The molecule has 0 radical (unpaired) electrons. The fourth-order valence-corrected chi connectivity index (χ4v) is 1.74. The average Bonchev–Trinajstić information content (AvgIpc) is 2.27. The van der Waals surface area contributed by atoms with Gasteiger partial charge in [0.15, 0.2) is 0 Å². The van der Waals surface area contributed by atoms with Gasteiger partial charge in [-0.05, 0) is 23.1 Å². The summed E-state index contributed by atoms with van der Waals surface area (Å²) in [5.41, 5.74) is 2.32. The van der Waals surface area contributed by atoms with Gasteiger partial charge in [-0.2, -0.15) is 5.26 Å². The average molecular weight is 219 g/mol. The number of nitrogens with zero attached hydrogens (tertiary/aromatic N) is 1. The number of nitriles is 1. The second-order valence-corrected chi connectivity index (χ2v) is 3.43. The third-order valence-electron chi connectivity index (χ3n) is 2.47. The van der Waals surface area contributed by atoms with Gasteiger partial charge in [-0.3, -0.25) is 4.79 Å². The molecule has 0 atom stereocenters. The Morgan fingerprint density at radius 3 is 2.50 bits per heavy atom. The Hall–Kier alpha value is -1.86. The molecule has 16 heavy (non-hydrogen) atoms. The zero-order valence-corrected chi connectivity index (χ0v) is 9.03. The molecule has 0 aromatic heterocycles. The van der Waals surface area contributed by atoms with Crippen molar-refractivity contribution >= 4 is 5.97 Å². The van der Waals surface area contributed by atoms with Gasteiger partial charge in [0.1, 0.15) is 0 Å². The number of benzene rings is 1. The molecule has 0 aliphatic rings. The van der Waals surface area contributed by atoms with Crippen molar-refractivity contribution in [2.75, 3.05) is 0 Å². The van der Waals surface area contributed by atoms with Gasteiger partial charge in [0, 0.05) is 0 Å². The first kappa shape index (κ1) is 12.2. The summed E-state index contributed by atoms with van der Waals surface area (Å²) in [4.78, 5) is 10.6. The fourth-order valence-electron chi connectivity index (χ4n) is 1.74. The van der Waals surface area contributed by atoms with Crippen LogP contribution in [-0.2, 0) is 24.2 Å². The number of aliphatic hydroxyl groups excluding tert-OH is 1. The molecule has 1 aromatic carbocycles. The lowest BCUT2D eigenvalue weighted by molar-refractivity contribution is -0.136. The molecule has 84 valence electrons. The third-order valence-corrected chi connectivity index (χ3v) is 2.47. The molecule has 0 unspecified atom stereocenters. The van der Waals surface area contributed by atoms with E-state index in [-0.39, 0.29) is 13.0 Å². The first-order valence-electron chi connectivity index (χ1n) is 5.00. The normalized spacial score (nSPS) is 9.81. The van der Waals surface area contributed by atoms with Crippen LogP contribution in [0.2, 0.25) is 0 Å². The molecule has 0 saturated heterocycles. The zero-order valence-electron chi connectivity index (χ0n) is 9.03. The number of hydrogen-bond acceptors (Lipinski definition) is 3. The van der Waals surface area contributed by atoms with E-state index in [4.69, 9.17) is 15.5 Å². The highest BCUT2D eigenvalue weighted by Gasteiger charge is 2.13. The number of rotatable bonds is 4. The fraction of sp³-hybridized carbons (Fsp3) is 0.333. The molecule has 0 aliphatic carbocycles. The Morgan fingerprint density at radius 2 is 2.06 bits per heavy atom. The summed E-state index contributed by atoms with van der Waals surface area (Å²) in [5.74, 6) is -0.963. The van der Waals surface area contributed by atoms with Crippen molar-refractivity contribution in [3.63, 3.8) is 0 Å². The van der Waals surface area contributed by atoms with Crippen LogP contribution in [-0.4, -0.2) is 16.2 Å². The van der Waals surface area contributed by atoms with E-state index in [1.807, 2.05) is 13.0 Å². The maximum atomic E-state index is 10.6. The quantitative estimate of drug-likeness (QED) is 0.798. The van der Waals surface area contributed by atoms with E-state index in [0.29, 0.717) is 23.1 Å². The van der Waals surface area contributed by atoms with Crippen LogP contribution < -0.4 is 0 Å². The van der Waals surface area contributed by atoms with Gasteiger partial charge in [-0.25, -0.2) is 0 Å². The van der Waals surface area contributed by atoms with Crippen molar-refractivity contribution in [3.8, 4) is 6.07 Å². The predicted molar refractivity (Wildman–Crippen MR) is 57.8 cm³/mol. The number of carbonyl (C=O) groups is 1. The molecule has 0 spiro atoms.